The fourth-order valence-corrected chi connectivity index (χ4v) is 2.23. The van der Waals surface area contributed by atoms with Crippen molar-refractivity contribution in [1.29, 1.82) is 0 Å². The van der Waals surface area contributed by atoms with Gasteiger partial charge in [0, 0.05) is 5.69 Å². The molecule has 0 saturated heterocycles. The van der Waals surface area contributed by atoms with E-state index in [4.69, 9.17) is 11.6 Å². The van der Waals surface area contributed by atoms with Crippen molar-refractivity contribution < 1.29 is 4.79 Å². The number of amides is 1. The molecule has 0 fully saturated rings. The Morgan fingerprint density at radius 2 is 1.85 bits per heavy atom. The Hall–Kier alpha value is -2.32. The minimum Gasteiger partial charge on any atom is -0.320 e. The third kappa shape index (κ3) is 2.65. The van der Waals surface area contributed by atoms with Crippen LogP contribution in [0.1, 0.15) is 9.80 Å². The summed E-state index contributed by atoms with van der Waals surface area (Å²) >= 11 is 6.66. The maximum Gasteiger partial charge on any atom is 0.286 e. The molecule has 0 unspecified atom stereocenters. The molecule has 0 bridgehead atoms. The van der Waals surface area contributed by atoms with E-state index in [9.17, 15) is 4.79 Å². The van der Waals surface area contributed by atoms with Crippen LogP contribution in [0.3, 0.4) is 0 Å². The number of anilines is 1. The van der Waals surface area contributed by atoms with E-state index in [2.05, 4.69) is 25.7 Å². The number of nitrogens with one attached hydrogen (secondary N) is 1. The normalized spacial score (nSPS) is 10.4. The highest BCUT2D eigenvalue weighted by Crippen LogP contribution is 2.17. The van der Waals surface area contributed by atoms with Gasteiger partial charge in [-0.3, -0.25) is 4.79 Å². The van der Waals surface area contributed by atoms with Crippen LogP contribution in [0.2, 0.25) is 4.47 Å². The number of halogens is 1. The summed E-state index contributed by atoms with van der Waals surface area (Å²) in [5.41, 5.74) is 1.43. The van der Waals surface area contributed by atoms with Gasteiger partial charge in [-0.2, -0.15) is 15.0 Å². The lowest BCUT2D eigenvalue weighted by Gasteiger charge is -2.04. The van der Waals surface area contributed by atoms with Crippen LogP contribution < -0.4 is 5.32 Å². The lowest BCUT2D eigenvalue weighted by Crippen LogP contribution is -2.11. The Bertz CT molecular complexity index is 724. The first-order valence-electron chi connectivity index (χ1n) is 5.49. The van der Waals surface area contributed by atoms with Gasteiger partial charge in [0.2, 0.25) is 9.47 Å². The predicted molar refractivity (Wildman–Crippen MR) is 74.2 cm³/mol. The summed E-state index contributed by atoms with van der Waals surface area (Å²) < 4.78 is 0.232. The number of hydrogen-bond acceptors (Lipinski definition) is 6. The topological polar surface area (TPSA) is 85.6 Å². The van der Waals surface area contributed by atoms with Gasteiger partial charge < -0.3 is 5.32 Å². The average molecular weight is 307 g/mol. The molecule has 100 valence electrons. The van der Waals surface area contributed by atoms with Gasteiger partial charge in [0.1, 0.15) is 0 Å². The van der Waals surface area contributed by atoms with Gasteiger partial charge in [0.15, 0.2) is 0 Å². The zero-order valence-electron chi connectivity index (χ0n) is 9.89. The summed E-state index contributed by atoms with van der Waals surface area (Å²) in [4.78, 5) is 13.3. The van der Waals surface area contributed by atoms with E-state index in [1.54, 1.807) is 36.7 Å². The first-order valence-corrected chi connectivity index (χ1v) is 6.69. The highest BCUT2D eigenvalue weighted by atomic mass is 35.5. The van der Waals surface area contributed by atoms with E-state index in [0.29, 0.717) is 5.69 Å². The molecule has 0 saturated carbocycles. The molecule has 2 heterocycles. The predicted octanol–water partition coefficient (Wildman–Crippen LogP) is 2.02. The third-order valence-electron chi connectivity index (χ3n) is 2.37. The lowest BCUT2D eigenvalue weighted by atomic mass is 10.3. The van der Waals surface area contributed by atoms with E-state index in [1.165, 1.54) is 4.80 Å². The lowest BCUT2D eigenvalue weighted by molar-refractivity contribution is 0.102. The van der Waals surface area contributed by atoms with Gasteiger partial charge in [0.05, 0.1) is 18.1 Å². The smallest absolute Gasteiger partial charge is 0.286 e. The number of hydrogen-bond donors (Lipinski definition) is 1. The fourth-order valence-electron chi connectivity index (χ4n) is 1.51. The van der Waals surface area contributed by atoms with Crippen LogP contribution in [0.4, 0.5) is 5.69 Å². The van der Waals surface area contributed by atoms with Gasteiger partial charge in [-0.05, 0) is 35.9 Å². The Balaban J connectivity index is 1.74. The molecule has 3 rings (SSSR count). The summed E-state index contributed by atoms with van der Waals surface area (Å²) in [5, 5.41) is 18.2. The van der Waals surface area contributed by atoms with Crippen molar-refractivity contribution in [2.45, 2.75) is 0 Å². The summed E-state index contributed by atoms with van der Waals surface area (Å²) in [7, 11) is 0. The minimum atomic E-state index is -0.348. The molecule has 1 N–H and O–H groups in total. The molecule has 0 aliphatic carbocycles. The van der Waals surface area contributed by atoms with Crippen LogP contribution in [-0.4, -0.2) is 31.1 Å². The summed E-state index contributed by atoms with van der Waals surface area (Å²) in [6, 6.07) is 7.09. The monoisotopic (exact) mass is 306 g/mol. The maximum atomic E-state index is 11.8. The molecule has 0 aliphatic rings. The molecular weight excluding hydrogens is 300 g/mol. The molecule has 7 nitrogen and oxygen atoms in total. The Morgan fingerprint density at radius 3 is 2.45 bits per heavy atom. The molecule has 1 aromatic carbocycles. The maximum absolute atomic E-state index is 11.8. The largest absolute Gasteiger partial charge is 0.320 e. The number of carbonyl (C=O) groups is 1. The van der Waals surface area contributed by atoms with Gasteiger partial charge in [0.25, 0.3) is 5.91 Å². The summed E-state index contributed by atoms with van der Waals surface area (Å²) in [5.74, 6) is -0.348. The van der Waals surface area contributed by atoms with Crippen LogP contribution in [0, 0.1) is 0 Å². The molecule has 0 atom stereocenters. The fraction of sp³-hybridized carbons (Fsp3) is 0. The first kappa shape index (κ1) is 12.7. The Morgan fingerprint density at radius 1 is 1.15 bits per heavy atom. The van der Waals surface area contributed by atoms with Crippen LogP contribution in [-0.2, 0) is 0 Å². The second-order valence-electron chi connectivity index (χ2n) is 3.68. The van der Waals surface area contributed by atoms with Crippen molar-refractivity contribution in [1.82, 2.24) is 25.2 Å². The molecule has 1 amide bonds. The average Bonchev–Trinajstić information content (AvgIpc) is 3.10. The Labute approximate surface area is 122 Å². The van der Waals surface area contributed by atoms with Crippen molar-refractivity contribution in [2.24, 2.45) is 0 Å². The zero-order chi connectivity index (χ0) is 13.9. The molecule has 3 aromatic rings. The zero-order valence-corrected chi connectivity index (χ0v) is 11.5. The Kier molecular flexibility index (Phi) is 3.40. The number of rotatable bonds is 3. The number of aromatic nitrogens is 5. The van der Waals surface area contributed by atoms with E-state index < -0.39 is 0 Å². The molecule has 0 aliphatic heterocycles. The highest BCUT2D eigenvalue weighted by Gasteiger charge is 2.12. The number of nitrogens with zero attached hydrogens (tertiary/aromatic N) is 5. The molecule has 9 heteroatoms. The van der Waals surface area contributed by atoms with Crippen molar-refractivity contribution in [2.75, 3.05) is 5.32 Å². The van der Waals surface area contributed by atoms with E-state index in [0.717, 1.165) is 17.0 Å². The standard InChI is InChI=1S/C11H7ClN6OS/c12-11-17-16-10(20-11)9(19)15-7-1-3-8(4-2-7)18-13-5-6-14-18/h1-6H,(H,15,19). The molecule has 20 heavy (non-hydrogen) atoms. The quantitative estimate of drug-likeness (QED) is 0.800. The molecular formula is C11H7ClN6OS. The van der Waals surface area contributed by atoms with Crippen molar-refractivity contribution in [3.05, 3.63) is 46.1 Å². The van der Waals surface area contributed by atoms with Crippen molar-refractivity contribution >= 4 is 34.5 Å². The number of carbonyl (C=O) groups excluding carboxylic acids is 1. The van der Waals surface area contributed by atoms with Crippen molar-refractivity contribution in [3.8, 4) is 5.69 Å². The van der Waals surface area contributed by atoms with Gasteiger partial charge >= 0.3 is 0 Å². The van der Waals surface area contributed by atoms with E-state index in [-0.39, 0.29) is 15.4 Å². The molecule has 0 radical (unpaired) electrons. The van der Waals surface area contributed by atoms with Crippen LogP contribution in [0.15, 0.2) is 36.7 Å². The second kappa shape index (κ2) is 5.35. The van der Waals surface area contributed by atoms with Gasteiger partial charge in [-0.25, -0.2) is 0 Å². The van der Waals surface area contributed by atoms with Gasteiger partial charge in [-0.1, -0.05) is 11.3 Å². The van der Waals surface area contributed by atoms with Crippen LogP contribution in [0.25, 0.3) is 5.69 Å². The van der Waals surface area contributed by atoms with E-state index in [1.807, 2.05) is 0 Å². The summed E-state index contributed by atoms with van der Waals surface area (Å²) in [6.45, 7) is 0. The number of benzene rings is 1. The minimum absolute atomic E-state index is 0.216. The molecule has 0 spiro atoms. The van der Waals surface area contributed by atoms with E-state index >= 15 is 0 Å². The van der Waals surface area contributed by atoms with Crippen LogP contribution in [0.5, 0.6) is 0 Å². The summed E-state index contributed by atoms with van der Waals surface area (Å²) in [6.07, 6.45) is 3.18. The van der Waals surface area contributed by atoms with Crippen LogP contribution >= 0.6 is 22.9 Å². The second-order valence-corrected chi connectivity index (χ2v) is 5.24. The van der Waals surface area contributed by atoms with Crippen molar-refractivity contribution in [3.63, 3.8) is 0 Å². The highest BCUT2D eigenvalue weighted by molar-refractivity contribution is 7.17. The molecule has 2 aromatic heterocycles. The SMILES string of the molecule is O=C(Nc1ccc(-n2nccn2)cc1)c1nnc(Cl)s1. The first-order chi connectivity index (χ1) is 9.72. The third-order valence-corrected chi connectivity index (χ3v) is 3.39. The van der Waals surface area contributed by atoms with Gasteiger partial charge in [-0.15, -0.1) is 10.2 Å².